The van der Waals surface area contributed by atoms with Crippen LogP contribution >= 0.6 is 0 Å². The van der Waals surface area contributed by atoms with Gasteiger partial charge in [0.15, 0.2) is 5.82 Å². The first-order valence-corrected chi connectivity index (χ1v) is 6.57. The molecule has 4 heteroatoms. The molecule has 1 aliphatic heterocycles. The van der Waals surface area contributed by atoms with E-state index in [-0.39, 0.29) is 5.82 Å². The summed E-state index contributed by atoms with van der Waals surface area (Å²) in [5, 5.41) is 3.28. The lowest BCUT2D eigenvalue weighted by Gasteiger charge is -2.32. The molecule has 0 aliphatic carbocycles. The molecule has 1 N–H and O–H groups in total. The maximum atomic E-state index is 13.8. The van der Waals surface area contributed by atoms with Gasteiger partial charge in [-0.25, -0.2) is 9.37 Å². The second-order valence-corrected chi connectivity index (χ2v) is 5.03. The van der Waals surface area contributed by atoms with Crippen molar-refractivity contribution in [2.24, 2.45) is 5.92 Å². The minimum absolute atomic E-state index is 0.222. The summed E-state index contributed by atoms with van der Waals surface area (Å²) in [6, 6.07) is 5.18. The van der Waals surface area contributed by atoms with Gasteiger partial charge in [-0.3, -0.25) is 0 Å². The van der Waals surface area contributed by atoms with E-state index >= 15 is 0 Å². The molecule has 1 atom stereocenters. The third-order valence-electron chi connectivity index (χ3n) is 4.00. The zero-order valence-corrected chi connectivity index (χ0v) is 10.8. The maximum Gasteiger partial charge on any atom is 0.151 e. The quantitative estimate of drug-likeness (QED) is 0.903. The lowest BCUT2D eigenvalue weighted by Crippen LogP contribution is -2.45. The second kappa shape index (κ2) is 4.35. The van der Waals surface area contributed by atoms with Gasteiger partial charge < -0.3 is 9.88 Å². The first-order chi connectivity index (χ1) is 8.72. The molecule has 0 saturated carbocycles. The van der Waals surface area contributed by atoms with Gasteiger partial charge in [0.05, 0.1) is 5.52 Å². The van der Waals surface area contributed by atoms with Crippen LogP contribution in [-0.2, 0) is 6.54 Å². The summed E-state index contributed by atoms with van der Waals surface area (Å²) in [4.78, 5) is 4.55. The van der Waals surface area contributed by atoms with Crippen molar-refractivity contribution in [1.29, 1.82) is 0 Å². The topological polar surface area (TPSA) is 29.9 Å². The van der Waals surface area contributed by atoms with Crippen LogP contribution in [0.3, 0.4) is 0 Å². The fraction of sp³-hybridized carbons (Fsp3) is 0.500. The predicted molar refractivity (Wildman–Crippen MR) is 70.1 cm³/mol. The SMILES string of the molecule is CCn1c(C(C)C2CNC2)nc2c(F)cccc21. The highest BCUT2D eigenvalue weighted by atomic mass is 19.1. The van der Waals surface area contributed by atoms with Crippen molar-refractivity contribution in [3.05, 3.63) is 29.8 Å². The van der Waals surface area contributed by atoms with Crippen LogP contribution in [0.2, 0.25) is 0 Å². The number of nitrogens with one attached hydrogen (secondary N) is 1. The highest BCUT2D eigenvalue weighted by molar-refractivity contribution is 5.76. The lowest BCUT2D eigenvalue weighted by molar-refractivity contribution is 0.292. The number of aryl methyl sites for hydroxylation is 1. The molecule has 0 spiro atoms. The van der Waals surface area contributed by atoms with Gasteiger partial charge in [0.1, 0.15) is 11.3 Å². The Bertz CT molecular complexity index is 572. The standard InChI is InChI=1S/C14H18FN3/c1-3-18-12-6-4-5-11(15)13(12)17-14(18)9(2)10-7-16-8-10/h4-6,9-10,16H,3,7-8H2,1-2H3. The second-order valence-electron chi connectivity index (χ2n) is 5.03. The normalized spacial score (nSPS) is 17.9. The van der Waals surface area contributed by atoms with Crippen molar-refractivity contribution in [2.45, 2.75) is 26.3 Å². The highest BCUT2D eigenvalue weighted by Crippen LogP contribution is 2.30. The van der Waals surface area contributed by atoms with E-state index in [4.69, 9.17) is 0 Å². The predicted octanol–water partition coefficient (Wildman–Crippen LogP) is 2.52. The van der Waals surface area contributed by atoms with Crippen LogP contribution in [0.15, 0.2) is 18.2 Å². The summed E-state index contributed by atoms with van der Waals surface area (Å²) in [6.45, 7) is 7.19. The molecular formula is C14H18FN3. The molecule has 1 unspecified atom stereocenters. The number of hydrogen-bond acceptors (Lipinski definition) is 2. The molecule has 18 heavy (non-hydrogen) atoms. The Labute approximate surface area is 106 Å². The van der Waals surface area contributed by atoms with Gasteiger partial charge in [-0.2, -0.15) is 0 Å². The van der Waals surface area contributed by atoms with Crippen LogP contribution in [0.4, 0.5) is 4.39 Å². The Balaban J connectivity index is 2.13. The number of nitrogens with zero attached hydrogens (tertiary/aromatic N) is 2. The molecule has 1 aromatic carbocycles. The van der Waals surface area contributed by atoms with E-state index in [1.165, 1.54) is 6.07 Å². The van der Waals surface area contributed by atoms with Gasteiger partial charge in [0.25, 0.3) is 0 Å². The van der Waals surface area contributed by atoms with Crippen LogP contribution in [0.25, 0.3) is 11.0 Å². The molecular weight excluding hydrogens is 229 g/mol. The summed E-state index contributed by atoms with van der Waals surface area (Å²) >= 11 is 0. The summed E-state index contributed by atoms with van der Waals surface area (Å²) in [5.74, 6) is 1.79. The van der Waals surface area contributed by atoms with E-state index < -0.39 is 0 Å². The number of hydrogen-bond donors (Lipinski definition) is 1. The number of fused-ring (bicyclic) bond motifs is 1. The Morgan fingerprint density at radius 1 is 1.50 bits per heavy atom. The molecule has 0 radical (unpaired) electrons. The third kappa shape index (κ3) is 1.63. The minimum Gasteiger partial charge on any atom is -0.328 e. The van der Waals surface area contributed by atoms with Crippen LogP contribution in [0.1, 0.15) is 25.6 Å². The number of aromatic nitrogens is 2. The van der Waals surface area contributed by atoms with Gasteiger partial charge in [0, 0.05) is 12.5 Å². The number of imidazole rings is 1. The molecule has 1 saturated heterocycles. The highest BCUT2D eigenvalue weighted by Gasteiger charge is 2.28. The first-order valence-electron chi connectivity index (χ1n) is 6.57. The van der Waals surface area contributed by atoms with Crippen molar-refractivity contribution in [2.75, 3.05) is 13.1 Å². The van der Waals surface area contributed by atoms with Gasteiger partial charge in [-0.1, -0.05) is 13.0 Å². The van der Waals surface area contributed by atoms with E-state index in [2.05, 4.69) is 28.7 Å². The number of para-hydroxylation sites is 1. The lowest BCUT2D eigenvalue weighted by atomic mass is 9.88. The number of rotatable bonds is 3. The summed E-state index contributed by atoms with van der Waals surface area (Å²) in [5.41, 5.74) is 1.42. The molecule has 1 aromatic heterocycles. The molecule has 3 nitrogen and oxygen atoms in total. The average molecular weight is 247 g/mol. The summed E-state index contributed by atoms with van der Waals surface area (Å²) in [6.07, 6.45) is 0. The van der Waals surface area contributed by atoms with Gasteiger partial charge >= 0.3 is 0 Å². The van der Waals surface area contributed by atoms with Crippen LogP contribution < -0.4 is 5.32 Å². The fourth-order valence-corrected chi connectivity index (χ4v) is 2.69. The zero-order valence-electron chi connectivity index (χ0n) is 10.8. The Morgan fingerprint density at radius 3 is 2.89 bits per heavy atom. The fourth-order valence-electron chi connectivity index (χ4n) is 2.69. The molecule has 0 amide bonds. The number of halogens is 1. The van der Waals surface area contributed by atoms with E-state index in [0.717, 1.165) is 31.0 Å². The summed E-state index contributed by atoms with van der Waals surface area (Å²) in [7, 11) is 0. The van der Waals surface area contributed by atoms with E-state index in [9.17, 15) is 4.39 Å². The molecule has 1 aliphatic rings. The van der Waals surface area contributed by atoms with Gasteiger partial charge in [0.2, 0.25) is 0 Å². The number of benzene rings is 1. The average Bonchev–Trinajstić information content (AvgIpc) is 2.66. The Hall–Kier alpha value is -1.42. The van der Waals surface area contributed by atoms with Crippen LogP contribution in [-0.4, -0.2) is 22.6 Å². The minimum atomic E-state index is -0.222. The molecule has 2 aromatic rings. The van der Waals surface area contributed by atoms with Crippen molar-refractivity contribution in [3.63, 3.8) is 0 Å². The zero-order chi connectivity index (χ0) is 12.7. The smallest absolute Gasteiger partial charge is 0.151 e. The monoisotopic (exact) mass is 247 g/mol. The Kier molecular flexibility index (Phi) is 2.82. The summed E-state index contributed by atoms with van der Waals surface area (Å²) < 4.78 is 15.9. The van der Waals surface area contributed by atoms with Crippen LogP contribution in [0, 0.1) is 11.7 Å². The molecule has 3 rings (SSSR count). The van der Waals surface area contributed by atoms with E-state index in [1.807, 2.05) is 6.07 Å². The molecule has 1 fully saturated rings. The van der Waals surface area contributed by atoms with Gasteiger partial charge in [-0.15, -0.1) is 0 Å². The molecule has 2 heterocycles. The van der Waals surface area contributed by atoms with Gasteiger partial charge in [-0.05, 0) is 38.1 Å². The van der Waals surface area contributed by atoms with Crippen LogP contribution in [0.5, 0.6) is 0 Å². The molecule has 0 bridgehead atoms. The maximum absolute atomic E-state index is 13.8. The first kappa shape index (κ1) is 11.7. The third-order valence-corrected chi connectivity index (χ3v) is 4.00. The molecule has 96 valence electrons. The Morgan fingerprint density at radius 2 is 2.28 bits per heavy atom. The van der Waals surface area contributed by atoms with E-state index in [1.54, 1.807) is 6.07 Å². The van der Waals surface area contributed by atoms with Crippen molar-refractivity contribution in [1.82, 2.24) is 14.9 Å². The van der Waals surface area contributed by atoms with Crippen molar-refractivity contribution < 1.29 is 4.39 Å². The van der Waals surface area contributed by atoms with Crippen molar-refractivity contribution >= 4 is 11.0 Å². The largest absolute Gasteiger partial charge is 0.328 e. The van der Waals surface area contributed by atoms with E-state index in [0.29, 0.717) is 17.4 Å². The van der Waals surface area contributed by atoms with Crippen molar-refractivity contribution in [3.8, 4) is 0 Å².